The molecule has 0 unspecified atom stereocenters. The van der Waals surface area contributed by atoms with E-state index < -0.39 is 0 Å². The summed E-state index contributed by atoms with van der Waals surface area (Å²) in [4.78, 5) is 12.3. The monoisotopic (exact) mass is 406 g/mol. The van der Waals surface area contributed by atoms with Gasteiger partial charge in [0.2, 0.25) is 0 Å². The minimum atomic E-state index is -0.0652. The average Bonchev–Trinajstić information content (AvgIpc) is 2.79. The van der Waals surface area contributed by atoms with Crippen LogP contribution in [0.1, 0.15) is 5.56 Å². The number of hydrogen-bond donors (Lipinski definition) is 1. The Balaban J connectivity index is 2.02. The van der Waals surface area contributed by atoms with Crippen LogP contribution >= 0.6 is 31.9 Å². The Kier molecular flexibility index (Phi) is 4.12. The summed E-state index contributed by atoms with van der Waals surface area (Å²) in [6, 6.07) is 17.7. The van der Waals surface area contributed by atoms with Crippen LogP contribution in [0.4, 0.5) is 0 Å². The van der Waals surface area contributed by atoms with Gasteiger partial charge in [0.15, 0.2) is 0 Å². The number of H-pyrrole nitrogens is 1. The number of benzene rings is 2. The highest BCUT2D eigenvalue weighted by Gasteiger charge is 2.13. The Labute approximate surface area is 138 Å². The van der Waals surface area contributed by atoms with Gasteiger partial charge in [-0.25, -0.2) is 4.68 Å². The average molecular weight is 408 g/mol. The molecule has 0 aliphatic rings. The van der Waals surface area contributed by atoms with Crippen LogP contribution in [0.3, 0.4) is 0 Å². The first-order valence-corrected chi connectivity index (χ1v) is 8.02. The van der Waals surface area contributed by atoms with Gasteiger partial charge in [0, 0.05) is 10.0 Å². The molecule has 106 valence electrons. The van der Waals surface area contributed by atoms with Crippen molar-refractivity contribution in [1.29, 1.82) is 0 Å². The van der Waals surface area contributed by atoms with E-state index >= 15 is 0 Å². The fourth-order valence-corrected chi connectivity index (χ4v) is 3.11. The molecule has 2 aromatic carbocycles. The number of halogens is 2. The van der Waals surface area contributed by atoms with Gasteiger partial charge < -0.3 is 0 Å². The van der Waals surface area contributed by atoms with E-state index in [2.05, 4.69) is 37.0 Å². The van der Waals surface area contributed by atoms with Crippen LogP contribution in [0.2, 0.25) is 0 Å². The number of aromatic amines is 1. The Morgan fingerprint density at radius 3 is 2.33 bits per heavy atom. The van der Waals surface area contributed by atoms with Crippen molar-refractivity contribution in [2.24, 2.45) is 0 Å². The molecule has 3 nitrogen and oxygen atoms in total. The van der Waals surface area contributed by atoms with Crippen molar-refractivity contribution >= 4 is 31.9 Å². The van der Waals surface area contributed by atoms with E-state index in [4.69, 9.17) is 0 Å². The number of nitrogens with zero attached hydrogens (tertiary/aromatic N) is 1. The van der Waals surface area contributed by atoms with Gasteiger partial charge in [-0.2, -0.15) is 0 Å². The summed E-state index contributed by atoms with van der Waals surface area (Å²) in [6.07, 6.45) is 0. The lowest BCUT2D eigenvalue weighted by Crippen LogP contribution is -2.17. The maximum atomic E-state index is 12.3. The van der Waals surface area contributed by atoms with E-state index in [0.29, 0.717) is 11.0 Å². The highest BCUT2D eigenvalue weighted by Crippen LogP contribution is 2.24. The predicted molar refractivity (Wildman–Crippen MR) is 91.4 cm³/mol. The topological polar surface area (TPSA) is 37.8 Å². The molecule has 21 heavy (non-hydrogen) atoms. The highest BCUT2D eigenvalue weighted by molar-refractivity contribution is 9.10. The second-order valence-corrected chi connectivity index (χ2v) is 6.30. The van der Waals surface area contributed by atoms with E-state index in [1.165, 1.54) is 0 Å². The van der Waals surface area contributed by atoms with E-state index in [0.717, 1.165) is 21.3 Å². The molecule has 0 aliphatic carbocycles. The molecule has 0 radical (unpaired) electrons. The molecule has 0 atom stereocenters. The van der Waals surface area contributed by atoms with Crippen LogP contribution in [-0.2, 0) is 6.54 Å². The molecule has 0 amide bonds. The number of hydrogen-bond acceptors (Lipinski definition) is 1. The lowest BCUT2D eigenvalue weighted by molar-refractivity contribution is 0.663. The molecule has 5 heteroatoms. The van der Waals surface area contributed by atoms with Crippen LogP contribution in [0.5, 0.6) is 0 Å². The van der Waals surface area contributed by atoms with E-state index in [9.17, 15) is 4.79 Å². The van der Waals surface area contributed by atoms with Gasteiger partial charge in [0.25, 0.3) is 5.56 Å². The molecule has 0 spiro atoms. The third kappa shape index (κ3) is 2.89. The van der Waals surface area contributed by atoms with Crippen molar-refractivity contribution < 1.29 is 0 Å². The fourth-order valence-electron chi connectivity index (χ4n) is 2.16. The Hall–Kier alpha value is -1.59. The first-order chi connectivity index (χ1) is 10.2. The lowest BCUT2D eigenvalue weighted by Gasteiger charge is -2.05. The maximum Gasteiger partial charge on any atom is 0.281 e. The summed E-state index contributed by atoms with van der Waals surface area (Å²) in [7, 11) is 0. The van der Waals surface area contributed by atoms with Crippen molar-refractivity contribution in [1.82, 2.24) is 9.78 Å². The second-order valence-electron chi connectivity index (χ2n) is 4.65. The van der Waals surface area contributed by atoms with Crippen LogP contribution in [0.25, 0.3) is 11.3 Å². The maximum absolute atomic E-state index is 12.3. The first-order valence-electron chi connectivity index (χ1n) is 6.44. The number of nitrogens with one attached hydrogen (secondary N) is 1. The molecule has 3 aromatic rings. The van der Waals surface area contributed by atoms with Gasteiger partial charge in [-0.1, -0.05) is 64.5 Å². The molecule has 0 saturated carbocycles. The van der Waals surface area contributed by atoms with Crippen LogP contribution in [0, 0.1) is 0 Å². The zero-order chi connectivity index (χ0) is 14.8. The molecule has 3 rings (SSSR count). The normalized spacial score (nSPS) is 10.8. The fraction of sp³-hybridized carbons (Fsp3) is 0.0625. The third-order valence-electron chi connectivity index (χ3n) is 3.25. The van der Waals surface area contributed by atoms with Crippen LogP contribution in [-0.4, -0.2) is 9.78 Å². The predicted octanol–water partition coefficient (Wildman–Crippen LogP) is 4.42. The Morgan fingerprint density at radius 2 is 1.62 bits per heavy atom. The van der Waals surface area contributed by atoms with Crippen LogP contribution < -0.4 is 5.56 Å². The molecule has 1 heterocycles. The molecular formula is C16H12Br2N2O. The van der Waals surface area contributed by atoms with Gasteiger partial charge in [-0.05, 0) is 27.6 Å². The smallest absolute Gasteiger partial charge is 0.281 e. The lowest BCUT2D eigenvalue weighted by atomic mass is 10.2. The number of rotatable bonds is 3. The summed E-state index contributed by atoms with van der Waals surface area (Å²) in [6.45, 7) is 0.492. The van der Waals surface area contributed by atoms with Crippen molar-refractivity contribution in [2.45, 2.75) is 6.54 Å². The minimum absolute atomic E-state index is 0.0652. The molecule has 1 N–H and O–H groups in total. The molecule has 1 aromatic heterocycles. The van der Waals surface area contributed by atoms with Crippen molar-refractivity contribution in [2.75, 3.05) is 0 Å². The van der Waals surface area contributed by atoms with Crippen molar-refractivity contribution in [3.63, 3.8) is 0 Å². The standard InChI is InChI=1S/C16H12Br2N2O/c17-13-9-5-4-8-12(13)10-20-16(21)14(18)15(19-20)11-6-2-1-3-7-11/h1-9,19H,10H2. The second kappa shape index (κ2) is 6.03. The van der Waals surface area contributed by atoms with Gasteiger partial charge in [0.1, 0.15) is 4.47 Å². The molecule has 0 fully saturated rings. The zero-order valence-electron chi connectivity index (χ0n) is 11.0. The molecule has 0 aliphatic heterocycles. The summed E-state index contributed by atoms with van der Waals surface area (Å²) in [5.74, 6) is 0. The number of aromatic nitrogens is 2. The van der Waals surface area contributed by atoms with Crippen LogP contribution in [0.15, 0.2) is 68.3 Å². The summed E-state index contributed by atoms with van der Waals surface area (Å²) in [5, 5.41) is 3.18. The van der Waals surface area contributed by atoms with Gasteiger partial charge in [-0.15, -0.1) is 0 Å². The summed E-state index contributed by atoms with van der Waals surface area (Å²) < 4.78 is 3.15. The SMILES string of the molecule is O=c1c(Br)c(-c2ccccc2)[nH]n1Cc1ccccc1Br. The van der Waals surface area contributed by atoms with Gasteiger partial charge >= 0.3 is 0 Å². The molecule has 0 saturated heterocycles. The van der Waals surface area contributed by atoms with Crippen molar-refractivity contribution in [3.05, 3.63) is 79.5 Å². The van der Waals surface area contributed by atoms with E-state index in [1.54, 1.807) is 4.68 Å². The zero-order valence-corrected chi connectivity index (χ0v) is 14.2. The highest BCUT2D eigenvalue weighted by atomic mass is 79.9. The molecule has 0 bridgehead atoms. The first kappa shape index (κ1) is 14.4. The summed E-state index contributed by atoms with van der Waals surface area (Å²) >= 11 is 6.90. The minimum Gasteiger partial charge on any atom is -0.293 e. The molecular weight excluding hydrogens is 396 g/mol. The van der Waals surface area contributed by atoms with E-state index in [-0.39, 0.29) is 5.56 Å². The van der Waals surface area contributed by atoms with E-state index in [1.807, 2.05) is 54.6 Å². The largest absolute Gasteiger partial charge is 0.293 e. The van der Waals surface area contributed by atoms with Crippen molar-refractivity contribution in [3.8, 4) is 11.3 Å². The van der Waals surface area contributed by atoms with Gasteiger partial charge in [0.05, 0.1) is 12.2 Å². The van der Waals surface area contributed by atoms with Gasteiger partial charge in [-0.3, -0.25) is 9.89 Å². The summed E-state index contributed by atoms with van der Waals surface area (Å²) in [5.41, 5.74) is 2.76. The quantitative estimate of drug-likeness (QED) is 0.685. The Bertz CT molecular complexity index is 822. The Morgan fingerprint density at radius 1 is 0.952 bits per heavy atom. The third-order valence-corrected chi connectivity index (χ3v) is 4.76.